The van der Waals surface area contributed by atoms with E-state index in [1.165, 1.54) is 12.8 Å². The molecule has 2 unspecified atom stereocenters. The van der Waals surface area contributed by atoms with Gasteiger partial charge in [-0.2, -0.15) is 0 Å². The third kappa shape index (κ3) is 8.06. The highest BCUT2D eigenvalue weighted by Gasteiger charge is 1.95. The van der Waals surface area contributed by atoms with Gasteiger partial charge in [-0.05, 0) is 24.7 Å². The van der Waals surface area contributed by atoms with Crippen molar-refractivity contribution < 1.29 is 5.11 Å². The zero-order valence-corrected chi connectivity index (χ0v) is 9.74. The molecule has 14 heavy (non-hydrogen) atoms. The molecule has 0 aromatic rings. The molecule has 0 aromatic heterocycles. The molecule has 82 valence electrons. The highest BCUT2D eigenvalue weighted by molar-refractivity contribution is 4.93. The van der Waals surface area contributed by atoms with Gasteiger partial charge in [0, 0.05) is 0 Å². The molecule has 0 rings (SSSR count). The molecule has 1 nitrogen and oxygen atoms in total. The molecule has 0 bridgehead atoms. The Morgan fingerprint density at radius 2 is 1.71 bits per heavy atom. The molecular weight excluding hydrogens is 172 g/mol. The Hall–Kier alpha value is -0.560. The summed E-state index contributed by atoms with van der Waals surface area (Å²) in [5.41, 5.74) is 0. The lowest BCUT2D eigenvalue weighted by Crippen LogP contribution is -1.90. The van der Waals surface area contributed by atoms with Gasteiger partial charge in [0.1, 0.15) is 0 Å². The second kappa shape index (κ2) is 9.01. The Morgan fingerprint density at radius 3 is 2.29 bits per heavy atom. The molecule has 0 aliphatic heterocycles. The molecule has 0 aliphatic carbocycles. The van der Waals surface area contributed by atoms with Crippen LogP contribution in [-0.2, 0) is 0 Å². The summed E-state index contributed by atoms with van der Waals surface area (Å²) in [5.74, 6) is 1.24. The number of aliphatic hydroxyl groups is 1. The maximum absolute atomic E-state index is 8.59. The van der Waals surface area contributed by atoms with Crippen LogP contribution < -0.4 is 0 Å². The predicted molar refractivity (Wildman–Crippen MR) is 63.2 cm³/mol. The highest BCUT2D eigenvalue weighted by atomic mass is 16.2. The van der Waals surface area contributed by atoms with Crippen LogP contribution in [0.3, 0.4) is 0 Å². The van der Waals surface area contributed by atoms with Crippen molar-refractivity contribution in [2.75, 3.05) is 6.61 Å². The van der Waals surface area contributed by atoms with E-state index >= 15 is 0 Å². The number of allylic oxidation sites excluding steroid dienone is 3. The lowest BCUT2D eigenvalue weighted by atomic mass is 10.0. The van der Waals surface area contributed by atoms with Gasteiger partial charge in [-0.1, -0.05) is 51.5 Å². The van der Waals surface area contributed by atoms with Crippen molar-refractivity contribution in [2.45, 2.75) is 40.0 Å². The fraction of sp³-hybridized carbons (Fsp3) is 0.692. The molecule has 0 aromatic carbocycles. The van der Waals surface area contributed by atoms with Crippen LogP contribution in [0.15, 0.2) is 24.3 Å². The summed E-state index contributed by atoms with van der Waals surface area (Å²) < 4.78 is 0. The van der Waals surface area contributed by atoms with Crippen LogP contribution >= 0.6 is 0 Å². The maximum atomic E-state index is 8.59. The van der Waals surface area contributed by atoms with E-state index in [9.17, 15) is 0 Å². The Balaban J connectivity index is 3.64. The molecule has 2 atom stereocenters. The molecule has 0 spiro atoms. The van der Waals surface area contributed by atoms with E-state index in [2.05, 4.69) is 39.0 Å². The molecular formula is C13H24O. The number of rotatable bonds is 7. The smallest absolute Gasteiger partial charge is 0.0612 e. The fourth-order valence-electron chi connectivity index (χ4n) is 1.45. The van der Waals surface area contributed by atoms with E-state index in [1.807, 2.05) is 6.08 Å². The summed E-state index contributed by atoms with van der Waals surface area (Å²) in [6, 6.07) is 0. The summed E-state index contributed by atoms with van der Waals surface area (Å²) in [5, 5.41) is 8.59. The zero-order chi connectivity index (χ0) is 10.8. The first-order chi connectivity index (χ1) is 6.70. The largest absolute Gasteiger partial charge is 0.392 e. The molecule has 0 fully saturated rings. The predicted octanol–water partition coefficient (Wildman–Crippen LogP) is 3.55. The van der Waals surface area contributed by atoms with Crippen LogP contribution in [0.4, 0.5) is 0 Å². The molecule has 0 saturated heterocycles. The van der Waals surface area contributed by atoms with Gasteiger partial charge in [0.15, 0.2) is 0 Å². The zero-order valence-electron chi connectivity index (χ0n) is 9.74. The average molecular weight is 196 g/mol. The van der Waals surface area contributed by atoms with Gasteiger partial charge in [0.25, 0.3) is 0 Å². The van der Waals surface area contributed by atoms with E-state index in [0.29, 0.717) is 11.8 Å². The molecule has 1 heteroatoms. The SMILES string of the molecule is CCCC(C)C=CCC(C)C=CCO. The van der Waals surface area contributed by atoms with Crippen LogP contribution in [0.5, 0.6) is 0 Å². The Bertz CT molecular complexity index is 170. The van der Waals surface area contributed by atoms with Crippen molar-refractivity contribution in [2.24, 2.45) is 11.8 Å². The summed E-state index contributed by atoms with van der Waals surface area (Å²) in [6.45, 7) is 6.80. The van der Waals surface area contributed by atoms with Gasteiger partial charge in [-0.3, -0.25) is 0 Å². The monoisotopic (exact) mass is 196 g/mol. The summed E-state index contributed by atoms with van der Waals surface area (Å²) in [4.78, 5) is 0. The van der Waals surface area contributed by atoms with Gasteiger partial charge in [-0.15, -0.1) is 0 Å². The molecule has 0 radical (unpaired) electrons. The first kappa shape index (κ1) is 13.4. The topological polar surface area (TPSA) is 20.2 Å². The van der Waals surface area contributed by atoms with Crippen LogP contribution in [0.1, 0.15) is 40.0 Å². The van der Waals surface area contributed by atoms with E-state index in [-0.39, 0.29) is 6.61 Å². The lowest BCUT2D eigenvalue weighted by Gasteiger charge is -2.04. The van der Waals surface area contributed by atoms with Crippen LogP contribution in [0.2, 0.25) is 0 Å². The second-order valence-electron chi connectivity index (χ2n) is 4.02. The Morgan fingerprint density at radius 1 is 1.07 bits per heavy atom. The van der Waals surface area contributed by atoms with E-state index in [1.54, 1.807) is 0 Å². The van der Waals surface area contributed by atoms with Crippen molar-refractivity contribution in [1.29, 1.82) is 0 Å². The molecule has 0 aliphatic rings. The average Bonchev–Trinajstić information content (AvgIpc) is 2.15. The third-order valence-corrected chi connectivity index (χ3v) is 2.29. The number of hydrogen-bond donors (Lipinski definition) is 1. The van der Waals surface area contributed by atoms with Crippen LogP contribution in [-0.4, -0.2) is 11.7 Å². The Labute approximate surface area is 88.5 Å². The van der Waals surface area contributed by atoms with Crippen molar-refractivity contribution >= 4 is 0 Å². The standard InChI is InChI=1S/C13H24O/c1-4-7-12(2)8-5-9-13(3)10-6-11-14/h5-6,8,10,12-14H,4,7,9,11H2,1-3H3. The second-order valence-corrected chi connectivity index (χ2v) is 4.02. The highest BCUT2D eigenvalue weighted by Crippen LogP contribution is 2.10. The first-order valence-electron chi connectivity index (χ1n) is 5.64. The molecule has 1 N–H and O–H groups in total. The fourth-order valence-corrected chi connectivity index (χ4v) is 1.45. The van der Waals surface area contributed by atoms with Gasteiger partial charge in [0.05, 0.1) is 6.61 Å². The minimum Gasteiger partial charge on any atom is -0.392 e. The van der Waals surface area contributed by atoms with Crippen molar-refractivity contribution in [3.63, 3.8) is 0 Å². The summed E-state index contributed by atoms with van der Waals surface area (Å²) >= 11 is 0. The van der Waals surface area contributed by atoms with Crippen LogP contribution in [0.25, 0.3) is 0 Å². The molecule has 0 amide bonds. The summed E-state index contributed by atoms with van der Waals surface area (Å²) in [6.07, 6.45) is 12.0. The van der Waals surface area contributed by atoms with E-state index < -0.39 is 0 Å². The van der Waals surface area contributed by atoms with Crippen molar-refractivity contribution in [3.05, 3.63) is 24.3 Å². The maximum Gasteiger partial charge on any atom is 0.0612 e. The van der Waals surface area contributed by atoms with Gasteiger partial charge in [0.2, 0.25) is 0 Å². The molecule has 0 saturated carbocycles. The van der Waals surface area contributed by atoms with E-state index in [4.69, 9.17) is 5.11 Å². The minimum absolute atomic E-state index is 0.153. The van der Waals surface area contributed by atoms with Crippen molar-refractivity contribution in [1.82, 2.24) is 0 Å². The van der Waals surface area contributed by atoms with Gasteiger partial charge >= 0.3 is 0 Å². The normalized spacial score (nSPS) is 16.6. The lowest BCUT2D eigenvalue weighted by molar-refractivity contribution is 0.342. The van der Waals surface area contributed by atoms with Gasteiger partial charge in [-0.25, -0.2) is 0 Å². The molecule has 0 heterocycles. The quantitative estimate of drug-likeness (QED) is 0.617. The van der Waals surface area contributed by atoms with Gasteiger partial charge < -0.3 is 5.11 Å². The first-order valence-corrected chi connectivity index (χ1v) is 5.64. The minimum atomic E-state index is 0.153. The number of aliphatic hydroxyl groups excluding tert-OH is 1. The Kier molecular flexibility index (Phi) is 8.65. The number of hydrogen-bond acceptors (Lipinski definition) is 1. The third-order valence-electron chi connectivity index (χ3n) is 2.29. The van der Waals surface area contributed by atoms with Crippen molar-refractivity contribution in [3.8, 4) is 0 Å². The van der Waals surface area contributed by atoms with E-state index in [0.717, 1.165) is 6.42 Å². The van der Waals surface area contributed by atoms with Crippen LogP contribution in [0, 0.1) is 11.8 Å². The summed E-state index contributed by atoms with van der Waals surface area (Å²) in [7, 11) is 0.